The van der Waals surface area contributed by atoms with Crippen LogP contribution in [0.5, 0.6) is 0 Å². The summed E-state index contributed by atoms with van der Waals surface area (Å²) in [6, 6.07) is 4.41. The zero-order valence-corrected chi connectivity index (χ0v) is 14.0. The molecule has 1 aromatic carbocycles. The fraction of sp³-hybridized carbons (Fsp3) is 0.556. The maximum Gasteiger partial charge on any atom is 0.310 e. The number of carbonyl (C=O) groups is 2. The minimum absolute atomic E-state index is 0.0804. The van der Waals surface area contributed by atoms with E-state index in [-0.39, 0.29) is 12.5 Å². The van der Waals surface area contributed by atoms with Gasteiger partial charge in [-0.15, -0.1) is 0 Å². The van der Waals surface area contributed by atoms with Gasteiger partial charge in [0, 0.05) is 25.3 Å². The van der Waals surface area contributed by atoms with Crippen molar-refractivity contribution in [2.45, 2.75) is 44.6 Å². The van der Waals surface area contributed by atoms with E-state index in [1.165, 1.54) is 6.07 Å². The van der Waals surface area contributed by atoms with E-state index in [0.29, 0.717) is 30.8 Å². The van der Waals surface area contributed by atoms with E-state index >= 15 is 0 Å². The molecule has 7 heteroatoms. The lowest BCUT2D eigenvalue weighted by molar-refractivity contribution is -0.157. The second-order valence-corrected chi connectivity index (χ2v) is 6.87. The molecule has 3 rings (SSSR count). The molecule has 1 aliphatic carbocycles. The first-order valence-corrected chi connectivity index (χ1v) is 8.67. The normalized spacial score (nSPS) is 21.4. The SMILES string of the molecule is O=C(CC1(C(=O)O)CCC1)Nc1ccc(NCC2CCCO2)c(F)c1. The number of nitrogens with one attached hydrogen (secondary N) is 2. The number of hydrogen-bond donors (Lipinski definition) is 3. The number of carbonyl (C=O) groups excluding carboxylic acids is 1. The van der Waals surface area contributed by atoms with Crippen LogP contribution in [0.25, 0.3) is 0 Å². The Morgan fingerprint density at radius 1 is 1.32 bits per heavy atom. The molecule has 1 atom stereocenters. The quantitative estimate of drug-likeness (QED) is 0.704. The van der Waals surface area contributed by atoms with Gasteiger partial charge in [-0.05, 0) is 43.9 Å². The molecule has 3 N–H and O–H groups in total. The van der Waals surface area contributed by atoms with Crippen molar-refractivity contribution < 1.29 is 23.8 Å². The van der Waals surface area contributed by atoms with E-state index in [0.717, 1.165) is 25.9 Å². The summed E-state index contributed by atoms with van der Waals surface area (Å²) in [5.41, 5.74) is -0.273. The van der Waals surface area contributed by atoms with Crippen molar-refractivity contribution in [3.05, 3.63) is 24.0 Å². The molecule has 25 heavy (non-hydrogen) atoms. The Kier molecular flexibility index (Phi) is 5.22. The molecule has 0 spiro atoms. The largest absolute Gasteiger partial charge is 0.481 e. The van der Waals surface area contributed by atoms with Crippen molar-refractivity contribution >= 4 is 23.3 Å². The van der Waals surface area contributed by atoms with Crippen LogP contribution in [0.1, 0.15) is 38.5 Å². The van der Waals surface area contributed by atoms with Crippen molar-refractivity contribution in [1.82, 2.24) is 0 Å². The number of carboxylic acid groups (broad SMARTS) is 1. The second-order valence-electron chi connectivity index (χ2n) is 6.87. The Morgan fingerprint density at radius 3 is 2.68 bits per heavy atom. The van der Waals surface area contributed by atoms with Crippen molar-refractivity contribution in [3.63, 3.8) is 0 Å². The van der Waals surface area contributed by atoms with E-state index in [4.69, 9.17) is 4.74 Å². The van der Waals surface area contributed by atoms with Crippen molar-refractivity contribution in [1.29, 1.82) is 0 Å². The molecule has 1 aliphatic heterocycles. The summed E-state index contributed by atoms with van der Waals surface area (Å²) in [6.45, 7) is 1.29. The van der Waals surface area contributed by atoms with Crippen LogP contribution in [0.2, 0.25) is 0 Å². The molecule has 1 aromatic rings. The first-order valence-electron chi connectivity index (χ1n) is 8.67. The molecule has 136 valence electrons. The Labute approximate surface area is 145 Å². The Bertz CT molecular complexity index is 654. The van der Waals surface area contributed by atoms with Gasteiger partial charge in [0.2, 0.25) is 5.91 Å². The fourth-order valence-corrected chi connectivity index (χ4v) is 3.35. The molecule has 1 amide bonds. The van der Waals surface area contributed by atoms with Gasteiger partial charge in [-0.1, -0.05) is 6.42 Å². The van der Waals surface area contributed by atoms with Crippen LogP contribution >= 0.6 is 0 Å². The number of carboxylic acids is 1. The third kappa shape index (κ3) is 4.10. The zero-order valence-electron chi connectivity index (χ0n) is 14.0. The molecule has 0 bridgehead atoms. The van der Waals surface area contributed by atoms with Crippen LogP contribution in [-0.4, -0.2) is 36.2 Å². The van der Waals surface area contributed by atoms with Gasteiger partial charge >= 0.3 is 5.97 Å². The Balaban J connectivity index is 1.55. The standard InChI is InChI=1S/C18H23FN2O4/c19-14-9-12(4-5-15(14)20-11-13-3-1-8-25-13)21-16(22)10-18(17(23)24)6-2-7-18/h4-5,9,13,20H,1-3,6-8,10-11H2,(H,21,22)(H,23,24). The van der Waals surface area contributed by atoms with Crippen LogP contribution in [0.4, 0.5) is 15.8 Å². The maximum atomic E-state index is 14.2. The van der Waals surface area contributed by atoms with Crippen LogP contribution in [0, 0.1) is 11.2 Å². The number of hydrogen-bond acceptors (Lipinski definition) is 4. The predicted octanol–water partition coefficient (Wildman–Crippen LogP) is 3.00. The first-order chi connectivity index (χ1) is 12.0. The van der Waals surface area contributed by atoms with Crippen LogP contribution in [0.15, 0.2) is 18.2 Å². The Hall–Kier alpha value is -2.15. The molecule has 2 fully saturated rings. The third-order valence-corrected chi connectivity index (χ3v) is 5.06. The monoisotopic (exact) mass is 350 g/mol. The second kappa shape index (κ2) is 7.39. The van der Waals surface area contributed by atoms with Crippen molar-refractivity contribution in [2.75, 3.05) is 23.8 Å². The average Bonchev–Trinajstić information content (AvgIpc) is 3.03. The molecule has 1 unspecified atom stereocenters. The number of amides is 1. The highest BCUT2D eigenvalue weighted by atomic mass is 19.1. The first kappa shape index (κ1) is 17.7. The number of aliphatic carboxylic acids is 1. The fourth-order valence-electron chi connectivity index (χ4n) is 3.35. The molecule has 0 radical (unpaired) electrons. The van der Waals surface area contributed by atoms with Gasteiger partial charge in [-0.2, -0.15) is 0 Å². The highest BCUT2D eigenvalue weighted by Crippen LogP contribution is 2.44. The van der Waals surface area contributed by atoms with Gasteiger partial charge in [-0.3, -0.25) is 9.59 Å². The van der Waals surface area contributed by atoms with E-state index in [1.807, 2.05) is 0 Å². The molecule has 1 saturated heterocycles. The molecule has 1 saturated carbocycles. The van der Waals surface area contributed by atoms with Gasteiger partial charge in [0.25, 0.3) is 0 Å². The zero-order chi connectivity index (χ0) is 17.9. The summed E-state index contributed by atoms with van der Waals surface area (Å²) >= 11 is 0. The lowest BCUT2D eigenvalue weighted by Gasteiger charge is -2.36. The molecule has 1 heterocycles. The summed E-state index contributed by atoms with van der Waals surface area (Å²) < 4.78 is 19.7. The predicted molar refractivity (Wildman–Crippen MR) is 91.0 cm³/mol. The highest BCUT2D eigenvalue weighted by Gasteiger charge is 2.45. The number of anilines is 2. The van der Waals surface area contributed by atoms with Crippen LogP contribution < -0.4 is 10.6 Å². The molecule has 0 aromatic heterocycles. The number of halogens is 1. The maximum absolute atomic E-state index is 14.2. The van der Waals surface area contributed by atoms with E-state index < -0.39 is 23.1 Å². The summed E-state index contributed by atoms with van der Waals surface area (Å²) in [5.74, 6) is -1.80. The summed E-state index contributed by atoms with van der Waals surface area (Å²) in [4.78, 5) is 23.4. The van der Waals surface area contributed by atoms with E-state index in [2.05, 4.69) is 10.6 Å². The lowest BCUT2D eigenvalue weighted by atomic mass is 9.66. The third-order valence-electron chi connectivity index (χ3n) is 5.06. The Morgan fingerprint density at radius 2 is 2.12 bits per heavy atom. The number of rotatable bonds is 7. The lowest BCUT2D eigenvalue weighted by Crippen LogP contribution is -2.41. The van der Waals surface area contributed by atoms with Gasteiger partial charge in [0.15, 0.2) is 0 Å². The van der Waals surface area contributed by atoms with Crippen molar-refractivity contribution in [2.24, 2.45) is 5.41 Å². The number of ether oxygens (including phenoxy) is 1. The van der Waals surface area contributed by atoms with Gasteiger partial charge < -0.3 is 20.5 Å². The minimum atomic E-state index is -0.953. The average molecular weight is 350 g/mol. The smallest absolute Gasteiger partial charge is 0.310 e. The topological polar surface area (TPSA) is 87.7 Å². The highest BCUT2D eigenvalue weighted by molar-refractivity contribution is 5.94. The molecular formula is C18H23FN2O4. The minimum Gasteiger partial charge on any atom is -0.481 e. The van der Waals surface area contributed by atoms with Crippen LogP contribution in [-0.2, 0) is 14.3 Å². The van der Waals surface area contributed by atoms with E-state index in [1.54, 1.807) is 12.1 Å². The molecule has 6 nitrogen and oxygen atoms in total. The molecule has 2 aliphatic rings. The summed E-state index contributed by atoms with van der Waals surface area (Å²) in [7, 11) is 0. The van der Waals surface area contributed by atoms with Crippen LogP contribution in [0.3, 0.4) is 0 Å². The van der Waals surface area contributed by atoms with Gasteiger partial charge in [-0.25, -0.2) is 4.39 Å². The number of benzene rings is 1. The summed E-state index contributed by atoms with van der Waals surface area (Å²) in [6.07, 6.45) is 3.86. The van der Waals surface area contributed by atoms with E-state index in [9.17, 15) is 19.1 Å². The van der Waals surface area contributed by atoms with Crippen molar-refractivity contribution in [3.8, 4) is 0 Å². The summed E-state index contributed by atoms with van der Waals surface area (Å²) in [5, 5.41) is 14.9. The van der Waals surface area contributed by atoms with Gasteiger partial charge in [0.05, 0.1) is 17.2 Å². The molecular weight excluding hydrogens is 327 g/mol. The van der Waals surface area contributed by atoms with Gasteiger partial charge in [0.1, 0.15) is 5.82 Å².